The zero-order chi connectivity index (χ0) is 21.0. The van der Waals surface area contributed by atoms with Gasteiger partial charge in [-0.25, -0.2) is 9.59 Å². The van der Waals surface area contributed by atoms with Crippen molar-refractivity contribution < 1.29 is 33.3 Å². The third-order valence-corrected chi connectivity index (χ3v) is 4.46. The molecular weight excluding hydrogens is 380 g/mol. The highest BCUT2D eigenvalue weighted by Crippen LogP contribution is 2.30. The molecule has 9 nitrogen and oxygen atoms in total. The number of nitrogens with one attached hydrogen (secondary N) is 2. The highest BCUT2D eigenvalue weighted by atomic mass is 16.6. The predicted octanol–water partition coefficient (Wildman–Crippen LogP) is 1.53. The molecule has 3 rings (SSSR count). The van der Waals surface area contributed by atoms with Crippen LogP contribution >= 0.6 is 0 Å². The number of esters is 2. The first kappa shape index (κ1) is 20.2. The predicted molar refractivity (Wildman–Crippen MR) is 101 cm³/mol. The number of amides is 1. The number of aromatic nitrogens is 1. The molecule has 0 saturated heterocycles. The Morgan fingerprint density at radius 3 is 2.62 bits per heavy atom. The maximum Gasteiger partial charge on any atom is 0.355 e. The number of hydrogen-bond donors (Lipinski definition) is 2. The number of carbonyl (C=O) groups is 3. The zero-order valence-electron chi connectivity index (χ0n) is 16.4. The van der Waals surface area contributed by atoms with Gasteiger partial charge in [-0.15, -0.1) is 0 Å². The third kappa shape index (κ3) is 4.50. The number of benzene rings is 1. The fraction of sp³-hybridized carbons (Fsp3) is 0.350. The summed E-state index contributed by atoms with van der Waals surface area (Å²) in [6.07, 6.45) is -0.347. The molecule has 1 aliphatic heterocycles. The van der Waals surface area contributed by atoms with Crippen molar-refractivity contribution in [3.8, 4) is 11.5 Å². The molecule has 1 atom stereocenters. The highest BCUT2D eigenvalue weighted by Gasteiger charge is 2.24. The van der Waals surface area contributed by atoms with Crippen molar-refractivity contribution in [2.24, 2.45) is 0 Å². The Bertz CT molecular complexity index is 935. The summed E-state index contributed by atoms with van der Waals surface area (Å²) in [5.74, 6) is -0.489. The average Bonchev–Trinajstić information content (AvgIpc) is 3.03. The minimum atomic E-state index is -0.734. The third-order valence-electron chi connectivity index (χ3n) is 4.46. The standard InChI is InChI=1S/C20H22N2O7/c1-11-17(19(24)26-3)12(2)22-18(11)20(25)28-10-16(23)21-8-13-9-27-14-6-4-5-7-15(14)29-13/h4-7,13,22H,8-10H2,1-3H3,(H,21,23)/t13-/m0/s1. The number of para-hydroxylation sites is 2. The van der Waals surface area contributed by atoms with Gasteiger partial charge < -0.3 is 29.2 Å². The molecule has 2 N–H and O–H groups in total. The molecule has 1 aromatic heterocycles. The van der Waals surface area contributed by atoms with E-state index in [9.17, 15) is 14.4 Å². The summed E-state index contributed by atoms with van der Waals surface area (Å²) in [7, 11) is 1.26. The number of methoxy groups -OCH3 is 1. The summed E-state index contributed by atoms with van der Waals surface area (Å²) in [5, 5.41) is 2.64. The molecule has 0 aliphatic carbocycles. The molecule has 0 bridgehead atoms. The van der Waals surface area contributed by atoms with Crippen LogP contribution in [-0.4, -0.2) is 55.8 Å². The van der Waals surface area contributed by atoms with Crippen LogP contribution in [0.2, 0.25) is 0 Å². The van der Waals surface area contributed by atoms with Gasteiger partial charge in [0.25, 0.3) is 5.91 Å². The van der Waals surface area contributed by atoms with Crippen molar-refractivity contribution in [2.45, 2.75) is 20.0 Å². The van der Waals surface area contributed by atoms with Gasteiger partial charge in [0.05, 0.1) is 19.2 Å². The number of fused-ring (bicyclic) bond motifs is 1. The van der Waals surface area contributed by atoms with Gasteiger partial charge in [0.1, 0.15) is 18.4 Å². The van der Waals surface area contributed by atoms with Crippen LogP contribution in [0.1, 0.15) is 32.1 Å². The van der Waals surface area contributed by atoms with Crippen LogP contribution in [0.3, 0.4) is 0 Å². The van der Waals surface area contributed by atoms with Crippen molar-refractivity contribution in [2.75, 3.05) is 26.9 Å². The summed E-state index contributed by atoms with van der Waals surface area (Å²) in [6.45, 7) is 3.29. The molecular formula is C20H22N2O7. The van der Waals surface area contributed by atoms with Crippen molar-refractivity contribution >= 4 is 17.8 Å². The van der Waals surface area contributed by atoms with Gasteiger partial charge in [0.15, 0.2) is 18.1 Å². The Kier molecular flexibility index (Phi) is 6.06. The van der Waals surface area contributed by atoms with Crippen LogP contribution in [-0.2, 0) is 14.3 Å². The van der Waals surface area contributed by atoms with Gasteiger partial charge in [-0.2, -0.15) is 0 Å². The maximum atomic E-state index is 12.3. The molecule has 2 aromatic rings. The van der Waals surface area contributed by atoms with E-state index in [2.05, 4.69) is 10.3 Å². The lowest BCUT2D eigenvalue weighted by Gasteiger charge is -2.26. The van der Waals surface area contributed by atoms with E-state index in [1.165, 1.54) is 7.11 Å². The Labute approximate surface area is 167 Å². The molecule has 29 heavy (non-hydrogen) atoms. The Hall–Kier alpha value is -3.49. The monoisotopic (exact) mass is 402 g/mol. The van der Waals surface area contributed by atoms with Gasteiger partial charge in [0.2, 0.25) is 0 Å². The second-order valence-electron chi connectivity index (χ2n) is 6.49. The zero-order valence-corrected chi connectivity index (χ0v) is 16.4. The SMILES string of the molecule is COC(=O)c1c(C)[nH]c(C(=O)OCC(=O)NC[C@H]2COc3ccccc3O2)c1C. The molecule has 1 aromatic carbocycles. The van der Waals surface area contributed by atoms with Crippen LogP contribution in [0.4, 0.5) is 0 Å². The number of H-pyrrole nitrogens is 1. The first-order valence-electron chi connectivity index (χ1n) is 9.00. The topological polar surface area (TPSA) is 116 Å². The molecule has 9 heteroatoms. The lowest BCUT2D eigenvalue weighted by Crippen LogP contribution is -2.42. The van der Waals surface area contributed by atoms with Crippen LogP contribution in [0.25, 0.3) is 0 Å². The van der Waals surface area contributed by atoms with E-state index in [-0.39, 0.29) is 23.9 Å². The lowest BCUT2D eigenvalue weighted by molar-refractivity contribution is -0.124. The van der Waals surface area contributed by atoms with Crippen molar-refractivity contribution in [1.82, 2.24) is 10.3 Å². The number of rotatable bonds is 6. The molecule has 0 spiro atoms. The molecule has 154 valence electrons. The van der Waals surface area contributed by atoms with Gasteiger partial charge in [0, 0.05) is 5.69 Å². The summed E-state index contributed by atoms with van der Waals surface area (Å²) >= 11 is 0. The van der Waals surface area contributed by atoms with E-state index in [1.54, 1.807) is 26.0 Å². The summed E-state index contributed by atoms with van der Waals surface area (Å²) in [5.41, 5.74) is 1.28. The summed E-state index contributed by atoms with van der Waals surface area (Å²) in [4.78, 5) is 38.9. The van der Waals surface area contributed by atoms with E-state index in [1.807, 2.05) is 12.1 Å². The number of aryl methyl sites for hydroxylation is 1. The van der Waals surface area contributed by atoms with E-state index in [4.69, 9.17) is 18.9 Å². The van der Waals surface area contributed by atoms with Gasteiger partial charge in [-0.1, -0.05) is 12.1 Å². The quantitative estimate of drug-likeness (QED) is 0.704. The van der Waals surface area contributed by atoms with Crippen LogP contribution < -0.4 is 14.8 Å². The molecule has 0 unspecified atom stereocenters. The van der Waals surface area contributed by atoms with Gasteiger partial charge in [-0.05, 0) is 31.5 Å². The van der Waals surface area contributed by atoms with Crippen LogP contribution in [0.5, 0.6) is 11.5 Å². The molecule has 1 amide bonds. The fourth-order valence-electron chi connectivity index (χ4n) is 3.01. The first-order chi connectivity index (χ1) is 13.9. The molecule has 0 fully saturated rings. The number of ether oxygens (including phenoxy) is 4. The maximum absolute atomic E-state index is 12.3. The molecule has 2 heterocycles. The Balaban J connectivity index is 1.49. The highest BCUT2D eigenvalue weighted by molar-refractivity contribution is 5.99. The van der Waals surface area contributed by atoms with Crippen molar-refractivity contribution in [3.05, 3.63) is 46.8 Å². The summed E-state index contributed by atoms with van der Waals surface area (Å²) < 4.78 is 21.1. The van der Waals surface area contributed by atoms with Crippen molar-refractivity contribution in [1.29, 1.82) is 0 Å². The molecule has 1 aliphatic rings. The second-order valence-corrected chi connectivity index (χ2v) is 6.49. The smallest absolute Gasteiger partial charge is 0.355 e. The molecule has 0 saturated carbocycles. The number of hydrogen-bond acceptors (Lipinski definition) is 7. The lowest BCUT2D eigenvalue weighted by atomic mass is 10.1. The van der Waals surface area contributed by atoms with E-state index < -0.39 is 24.5 Å². The minimum Gasteiger partial charge on any atom is -0.486 e. The fourth-order valence-corrected chi connectivity index (χ4v) is 3.01. The van der Waals surface area contributed by atoms with E-state index in [0.29, 0.717) is 29.4 Å². The Morgan fingerprint density at radius 1 is 1.17 bits per heavy atom. The van der Waals surface area contributed by atoms with E-state index >= 15 is 0 Å². The second kappa shape index (κ2) is 8.68. The van der Waals surface area contributed by atoms with Crippen LogP contribution in [0.15, 0.2) is 24.3 Å². The van der Waals surface area contributed by atoms with Crippen LogP contribution in [0, 0.1) is 13.8 Å². The Morgan fingerprint density at radius 2 is 1.90 bits per heavy atom. The first-order valence-corrected chi connectivity index (χ1v) is 9.00. The number of aromatic amines is 1. The average molecular weight is 402 g/mol. The molecule has 0 radical (unpaired) electrons. The summed E-state index contributed by atoms with van der Waals surface area (Å²) in [6, 6.07) is 7.27. The van der Waals surface area contributed by atoms with Crippen molar-refractivity contribution in [3.63, 3.8) is 0 Å². The van der Waals surface area contributed by atoms with Gasteiger partial charge in [-0.3, -0.25) is 4.79 Å². The number of carbonyl (C=O) groups excluding carboxylic acids is 3. The minimum absolute atomic E-state index is 0.108. The normalized spacial score (nSPS) is 14.8. The largest absolute Gasteiger partial charge is 0.486 e. The van der Waals surface area contributed by atoms with E-state index in [0.717, 1.165) is 0 Å². The van der Waals surface area contributed by atoms with Gasteiger partial charge >= 0.3 is 11.9 Å².